The van der Waals surface area contributed by atoms with E-state index in [0.717, 1.165) is 11.8 Å². The van der Waals surface area contributed by atoms with Crippen LogP contribution in [0.2, 0.25) is 0 Å². The number of nitrogens with one attached hydrogen (secondary N) is 2. The zero-order chi connectivity index (χ0) is 11.4. The molecule has 2 N–H and O–H groups in total. The van der Waals surface area contributed by atoms with Gasteiger partial charge in [0.15, 0.2) is 0 Å². The van der Waals surface area contributed by atoms with E-state index in [-0.39, 0.29) is 11.6 Å². The standard InChI is InChI=1S/C11H12N4O/c1-8(9-5-3-2-4-6-9)13-11-14-10(16)7-12-15-11/h2-8H,1H3,(H2,13,14,15,16). The summed E-state index contributed by atoms with van der Waals surface area (Å²) in [6.45, 7) is 1.99. The summed E-state index contributed by atoms with van der Waals surface area (Å²) in [4.78, 5) is 13.6. The molecule has 1 heterocycles. The van der Waals surface area contributed by atoms with Gasteiger partial charge in [0.1, 0.15) is 6.20 Å². The first-order valence-electron chi connectivity index (χ1n) is 4.99. The number of H-pyrrole nitrogens is 1. The molecule has 0 bridgehead atoms. The Labute approximate surface area is 92.6 Å². The average molecular weight is 216 g/mol. The molecular formula is C11H12N4O. The minimum absolute atomic E-state index is 0.0635. The minimum atomic E-state index is -0.266. The van der Waals surface area contributed by atoms with Crippen molar-refractivity contribution in [2.24, 2.45) is 0 Å². The molecule has 82 valence electrons. The molecule has 1 aromatic carbocycles. The molecule has 0 radical (unpaired) electrons. The number of hydrogen-bond acceptors (Lipinski definition) is 4. The SMILES string of the molecule is CC(Nc1nncc(=O)[nH]1)c1ccccc1. The first-order chi connectivity index (χ1) is 7.75. The Morgan fingerprint density at radius 2 is 2.06 bits per heavy atom. The lowest BCUT2D eigenvalue weighted by atomic mass is 10.1. The number of rotatable bonds is 3. The van der Waals surface area contributed by atoms with Gasteiger partial charge in [-0.25, -0.2) is 0 Å². The Morgan fingerprint density at radius 1 is 1.31 bits per heavy atom. The smallest absolute Gasteiger partial charge is 0.271 e. The van der Waals surface area contributed by atoms with Gasteiger partial charge in [0, 0.05) is 0 Å². The van der Waals surface area contributed by atoms with Gasteiger partial charge < -0.3 is 5.32 Å². The predicted molar refractivity (Wildman–Crippen MR) is 61.1 cm³/mol. The van der Waals surface area contributed by atoms with E-state index < -0.39 is 0 Å². The maximum absolute atomic E-state index is 11.0. The van der Waals surface area contributed by atoms with Crippen molar-refractivity contribution in [3.63, 3.8) is 0 Å². The second-order valence-electron chi connectivity index (χ2n) is 3.46. The Balaban J connectivity index is 2.14. The maximum atomic E-state index is 11.0. The summed E-state index contributed by atoms with van der Waals surface area (Å²) in [5.74, 6) is 0.379. The van der Waals surface area contributed by atoms with Crippen LogP contribution in [0.25, 0.3) is 0 Å². The summed E-state index contributed by atoms with van der Waals surface area (Å²) in [6, 6.07) is 9.96. The van der Waals surface area contributed by atoms with Crippen LogP contribution in [0, 0.1) is 0 Å². The van der Waals surface area contributed by atoms with E-state index in [4.69, 9.17) is 0 Å². The highest BCUT2D eigenvalue weighted by atomic mass is 16.1. The van der Waals surface area contributed by atoms with Crippen molar-refractivity contribution in [1.29, 1.82) is 0 Å². The fraction of sp³-hybridized carbons (Fsp3) is 0.182. The van der Waals surface area contributed by atoms with Crippen molar-refractivity contribution >= 4 is 5.95 Å². The summed E-state index contributed by atoms with van der Waals surface area (Å²) in [7, 11) is 0. The molecule has 1 aromatic heterocycles. The van der Waals surface area contributed by atoms with E-state index >= 15 is 0 Å². The van der Waals surface area contributed by atoms with Gasteiger partial charge in [-0.05, 0) is 12.5 Å². The number of nitrogens with zero attached hydrogens (tertiary/aromatic N) is 2. The molecule has 0 aliphatic carbocycles. The molecule has 0 saturated carbocycles. The average Bonchev–Trinajstić information content (AvgIpc) is 2.30. The molecule has 1 unspecified atom stereocenters. The van der Waals surface area contributed by atoms with Crippen molar-refractivity contribution < 1.29 is 0 Å². The second kappa shape index (κ2) is 4.57. The van der Waals surface area contributed by atoms with Gasteiger partial charge in [0.05, 0.1) is 6.04 Å². The molecule has 0 aliphatic rings. The normalized spacial score (nSPS) is 12.1. The second-order valence-corrected chi connectivity index (χ2v) is 3.46. The Hall–Kier alpha value is -2.17. The van der Waals surface area contributed by atoms with Crippen LogP contribution in [-0.4, -0.2) is 15.2 Å². The van der Waals surface area contributed by atoms with E-state index in [0.29, 0.717) is 5.95 Å². The van der Waals surface area contributed by atoms with E-state index in [9.17, 15) is 4.79 Å². The van der Waals surface area contributed by atoms with Gasteiger partial charge in [-0.15, -0.1) is 10.2 Å². The molecule has 5 heteroatoms. The topological polar surface area (TPSA) is 70.7 Å². The fourth-order valence-corrected chi connectivity index (χ4v) is 1.41. The molecule has 0 fully saturated rings. The lowest BCUT2D eigenvalue weighted by Gasteiger charge is -2.13. The Bertz CT molecular complexity index is 509. The van der Waals surface area contributed by atoms with Crippen LogP contribution in [0.5, 0.6) is 0 Å². The van der Waals surface area contributed by atoms with Crippen LogP contribution in [0.15, 0.2) is 41.3 Å². The highest BCUT2D eigenvalue weighted by Gasteiger charge is 2.05. The highest BCUT2D eigenvalue weighted by Crippen LogP contribution is 2.14. The van der Waals surface area contributed by atoms with Crippen molar-refractivity contribution in [2.45, 2.75) is 13.0 Å². The molecule has 0 amide bonds. The van der Waals surface area contributed by atoms with Crippen LogP contribution in [0.4, 0.5) is 5.95 Å². The number of aromatic amines is 1. The number of hydrogen-bond donors (Lipinski definition) is 2. The third-order valence-corrected chi connectivity index (χ3v) is 2.23. The van der Waals surface area contributed by atoms with Crippen molar-refractivity contribution in [3.05, 3.63) is 52.4 Å². The van der Waals surface area contributed by atoms with Crippen LogP contribution in [-0.2, 0) is 0 Å². The van der Waals surface area contributed by atoms with Gasteiger partial charge in [0.2, 0.25) is 5.95 Å². The summed E-state index contributed by atoms with van der Waals surface area (Å²) < 4.78 is 0. The summed E-state index contributed by atoms with van der Waals surface area (Å²) in [6.07, 6.45) is 1.14. The van der Waals surface area contributed by atoms with E-state index in [1.165, 1.54) is 0 Å². The van der Waals surface area contributed by atoms with Gasteiger partial charge in [-0.1, -0.05) is 30.3 Å². The zero-order valence-corrected chi connectivity index (χ0v) is 8.84. The number of anilines is 1. The lowest BCUT2D eigenvalue weighted by molar-refractivity contribution is 0.833. The molecule has 2 aromatic rings. The molecule has 0 saturated heterocycles. The van der Waals surface area contributed by atoms with Gasteiger partial charge in [-0.3, -0.25) is 9.78 Å². The number of aromatic nitrogens is 3. The maximum Gasteiger partial charge on any atom is 0.271 e. The molecule has 0 aliphatic heterocycles. The van der Waals surface area contributed by atoms with Gasteiger partial charge in [-0.2, -0.15) is 0 Å². The molecule has 2 rings (SSSR count). The Kier molecular flexibility index (Phi) is 2.95. The molecule has 0 spiro atoms. The Morgan fingerprint density at radius 3 is 2.75 bits per heavy atom. The van der Waals surface area contributed by atoms with Crippen molar-refractivity contribution in [1.82, 2.24) is 15.2 Å². The fourth-order valence-electron chi connectivity index (χ4n) is 1.41. The monoisotopic (exact) mass is 216 g/mol. The first-order valence-corrected chi connectivity index (χ1v) is 4.99. The summed E-state index contributed by atoms with van der Waals surface area (Å²) >= 11 is 0. The third kappa shape index (κ3) is 2.44. The summed E-state index contributed by atoms with van der Waals surface area (Å²) in [5, 5.41) is 10.4. The van der Waals surface area contributed by atoms with E-state index in [1.54, 1.807) is 0 Å². The van der Waals surface area contributed by atoms with Crippen LogP contribution >= 0.6 is 0 Å². The van der Waals surface area contributed by atoms with Crippen LogP contribution < -0.4 is 10.9 Å². The number of benzene rings is 1. The molecule has 5 nitrogen and oxygen atoms in total. The molecule has 16 heavy (non-hydrogen) atoms. The first kappa shape index (κ1) is 10.4. The third-order valence-electron chi connectivity index (χ3n) is 2.23. The van der Waals surface area contributed by atoms with E-state index in [2.05, 4.69) is 20.5 Å². The van der Waals surface area contributed by atoms with E-state index in [1.807, 2.05) is 37.3 Å². The minimum Gasteiger partial charge on any atom is -0.348 e. The van der Waals surface area contributed by atoms with Gasteiger partial charge >= 0.3 is 0 Å². The van der Waals surface area contributed by atoms with Crippen LogP contribution in [0.3, 0.4) is 0 Å². The van der Waals surface area contributed by atoms with Crippen molar-refractivity contribution in [3.8, 4) is 0 Å². The van der Waals surface area contributed by atoms with Crippen LogP contribution in [0.1, 0.15) is 18.5 Å². The molecular weight excluding hydrogens is 204 g/mol. The van der Waals surface area contributed by atoms with Gasteiger partial charge in [0.25, 0.3) is 5.56 Å². The quantitative estimate of drug-likeness (QED) is 0.812. The van der Waals surface area contributed by atoms with Crippen molar-refractivity contribution in [2.75, 3.05) is 5.32 Å². The summed E-state index contributed by atoms with van der Waals surface area (Å²) in [5.41, 5.74) is 0.853. The lowest BCUT2D eigenvalue weighted by Crippen LogP contribution is -2.15. The largest absolute Gasteiger partial charge is 0.348 e. The highest BCUT2D eigenvalue weighted by molar-refractivity contribution is 5.29. The zero-order valence-electron chi connectivity index (χ0n) is 8.84. The predicted octanol–water partition coefficient (Wildman–Crippen LogP) is 1.34. The molecule has 1 atom stereocenters.